The molecule has 1 atom stereocenters. The summed E-state index contributed by atoms with van der Waals surface area (Å²) in [6.07, 6.45) is 4.43. The van der Waals surface area contributed by atoms with Crippen molar-refractivity contribution in [2.24, 2.45) is 0 Å². The van der Waals surface area contributed by atoms with Crippen molar-refractivity contribution in [1.82, 2.24) is 25.5 Å². The predicted molar refractivity (Wildman–Crippen MR) is 146 cm³/mol. The second-order valence-corrected chi connectivity index (χ2v) is 8.94. The Morgan fingerprint density at radius 1 is 1.03 bits per heavy atom. The molecular weight excluding hydrogens is 483 g/mol. The van der Waals surface area contributed by atoms with E-state index < -0.39 is 0 Å². The van der Waals surface area contributed by atoms with Gasteiger partial charge in [0.15, 0.2) is 12.4 Å². The molecule has 2 heterocycles. The van der Waals surface area contributed by atoms with Crippen molar-refractivity contribution in [3.63, 3.8) is 0 Å². The van der Waals surface area contributed by atoms with Gasteiger partial charge < -0.3 is 15.4 Å². The average molecular weight is 511 g/mol. The average Bonchev–Trinajstić information content (AvgIpc) is 3.47. The summed E-state index contributed by atoms with van der Waals surface area (Å²) in [5, 5.41) is 13.7. The Morgan fingerprint density at radius 2 is 1.87 bits per heavy atom. The van der Waals surface area contributed by atoms with Gasteiger partial charge in [-0.05, 0) is 55.3 Å². The molecule has 0 aliphatic carbocycles. The van der Waals surface area contributed by atoms with E-state index in [1.165, 1.54) is 12.1 Å². The van der Waals surface area contributed by atoms with Crippen molar-refractivity contribution in [2.45, 2.75) is 26.3 Å². The molecule has 0 saturated heterocycles. The van der Waals surface area contributed by atoms with Crippen LogP contribution in [-0.4, -0.2) is 38.7 Å². The van der Waals surface area contributed by atoms with E-state index in [9.17, 15) is 9.18 Å². The van der Waals surface area contributed by atoms with Crippen LogP contribution in [0, 0.1) is 5.82 Å². The third kappa shape index (κ3) is 5.78. The van der Waals surface area contributed by atoms with Gasteiger partial charge in [-0.3, -0.25) is 9.89 Å². The normalized spacial score (nSPS) is 11.8. The number of carbonyl (C=O) groups excluding carboxylic acids is 1. The zero-order valence-electron chi connectivity index (χ0n) is 21.0. The minimum atomic E-state index is -0.387. The van der Waals surface area contributed by atoms with Crippen LogP contribution in [0.2, 0.25) is 0 Å². The number of aromatic nitrogens is 4. The van der Waals surface area contributed by atoms with Crippen LogP contribution < -0.4 is 15.4 Å². The molecule has 0 spiro atoms. The fraction of sp³-hybridized carbons (Fsp3) is 0.172. The topological polar surface area (TPSA) is 105 Å². The standard InChI is InChI=1S/C29H27FN6O2/c1-3-18(2)33-27(37)17-38-24-6-4-5-20(13-24)28-35-26-14-22(30)9-12-25(26)29(36-28)34-23-10-7-19(8-11-23)21-15-31-32-16-21/h4-16,18H,3,17H2,1-2H3,(H,31,32)(H,33,37)(H,34,35,36). The molecule has 1 unspecified atom stereocenters. The Morgan fingerprint density at radius 3 is 2.63 bits per heavy atom. The number of fused-ring (bicyclic) bond motifs is 1. The SMILES string of the molecule is CCC(C)NC(=O)COc1cccc(-c2nc(Nc3ccc(-c4cn[nH]c4)cc3)c3ccc(F)cc3n2)c1. The van der Waals surface area contributed by atoms with Crippen molar-refractivity contribution in [3.05, 3.63) is 84.9 Å². The highest BCUT2D eigenvalue weighted by Gasteiger charge is 2.13. The Kier molecular flexibility index (Phi) is 7.26. The summed E-state index contributed by atoms with van der Waals surface area (Å²) < 4.78 is 19.8. The summed E-state index contributed by atoms with van der Waals surface area (Å²) in [5.74, 6) is 0.874. The Hall–Kier alpha value is -4.79. The Labute approximate surface area is 219 Å². The molecular formula is C29H27FN6O2. The van der Waals surface area contributed by atoms with E-state index in [1.54, 1.807) is 30.5 Å². The van der Waals surface area contributed by atoms with E-state index in [1.807, 2.05) is 50.4 Å². The summed E-state index contributed by atoms with van der Waals surface area (Å²) in [7, 11) is 0. The van der Waals surface area contributed by atoms with E-state index in [0.29, 0.717) is 33.9 Å². The highest BCUT2D eigenvalue weighted by atomic mass is 19.1. The quantitative estimate of drug-likeness (QED) is 0.229. The van der Waals surface area contributed by atoms with Crippen molar-refractivity contribution in [2.75, 3.05) is 11.9 Å². The highest BCUT2D eigenvalue weighted by Crippen LogP contribution is 2.30. The Bertz CT molecular complexity index is 1550. The molecule has 9 heteroatoms. The maximum Gasteiger partial charge on any atom is 0.258 e. The second-order valence-electron chi connectivity index (χ2n) is 8.94. The molecule has 3 aromatic carbocycles. The molecule has 0 aliphatic heterocycles. The predicted octanol–water partition coefficient (Wildman–Crippen LogP) is 5.86. The molecule has 5 rings (SSSR count). The molecule has 2 aromatic heterocycles. The van der Waals surface area contributed by atoms with Crippen LogP contribution in [0.4, 0.5) is 15.9 Å². The number of nitrogens with one attached hydrogen (secondary N) is 3. The lowest BCUT2D eigenvalue weighted by Gasteiger charge is -2.13. The first kappa shape index (κ1) is 24.9. The first-order valence-electron chi connectivity index (χ1n) is 12.3. The van der Waals surface area contributed by atoms with Crippen LogP contribution in [0.3, 0.4) is 0 Å². The molecule has 38 heavy (non-hydrogen) atoms. The number of ether oxygens (including phenoxy) is 1. The summed E-state index contributed by atoms with van der Waals surface area (Å²) in [5.41, 5.74) is 3.97. The largest absolute Gasteiger partial charge is 0.484 e. The summed E-state index contributed by atoms with van der Waals surface area (Å²) in [6.45, 7) is 3.85. The lowest BCUT2D eigenvalue weighted by atomic mass is 10.1. The van der Waals surface area contributed by atoms with Crippen LogP contribution in [0.15, 0.2) is 79.1 Å². The molecule has 3 N–H and O–H groups in total. The minimum absolute atomic E-state index is 0.0802. The molecule has 0 fully saturated rings. The number of benzene rings is 3. The Balaban J connectivity index is 1.42. The number of hydrogen-bond acceptors (Lipinski definition) is 6. The smallest absolute Gasteiger partial charge is 0.258 e. The van der Waals surface area contributed by atoms with E-state index >= 15 is 0 Å². The van der Waals surface area contributed by atoms with Gasteiger partial charge in [-0.1, -0.05) is 31.2 Å². The zero-order valence-corrected chi connectivity index (χ0v) is 21.0. The molecule has 0 aliphatic rings. The number of hydrogen-bond donors (Lipinski definition) is 3. The number of nitrogens with zero attached hydrogens (tertiary/aromatic N) is 3. The second kappa shape index (κ2) is 11.1. The fourth-order valence-electron chi connectivity index (χ4n) is 3.91. The minimum Gasteiger partial charge on any atom is -0.484 e. The third-order valence-corrected chi connectivity index (χ3v) is 6.12. The monoisotopic (exact) mass is 510 g/mol. The van der Waals surface area contributed by atoms with Gasteiger partial charge in [0.2, 0.25) is 0 Å². The van der Waals surface area contributed by atoms with Crippen LogP contribution >= 0.6 is 0 Å². The van der Waals surface area contributed by atoms with Gasteiger partial charge in [0.05, 0.1) is 11.7 Å². The number of rotatable bonds is 9. The lowest BCUT2D eigenvalue weighted by Crippen LogP contribution is -2.35. The van der Waals surface area contributed by atoms with Gasteiger partial charge >= 0.3 is 0 Å². The van der Waals surface area contributed by atoms with Crippen LogP contribution in [-0.2, 0) is 4.79 Å². The van der Waals surface area contributed by atoms with Crippen molar-refractivity contribution in [1.29, 1.82) is 0 Å². The summed E-state index contributed by atoms with van der Waals surface area (Å²) >= 11 is 0. The summed E-state index contributed by atoms with van der Waals surface area (Å²) in [4.78, 5) is 21.5. The van der Waals surface area contributed by atoms with Crippen molar-refractivity contribution in [3.8, 4) is 28.3 Å². The number of halogens is 1. The van der Waals surface area contributed by atoms with Crippen molar-refractivity contribution >= 4 is 28.3 Å². The van der Waals surface area contributed by atoms with Crippen LogP contribution in [0.1, 0.15) is 20.3 Å². The molecule has 0 saturated carbocycles. The fourth-order valence-corrected chi connectivity index (χ4v) is 3.91. The van der Waals surface area contributed by atoms with Gasteiger partial charge in [0.1, 0.15) is 17.4 Å². The number of carbonyl (C=O) groups is 1. The van der Waals surface area contributed by atoms with E-state index in [-0.39, 0.29) is 24.4 Å². The number of aromatic amines is 1. The molecule has 192 valence electrons. The molecule has 8 nitrogen and oxygen atoms in total. The van der Waals surface area contributed by atoms with Gasteiger partial charge in [-0.15, -0.1) is 0 Å². The number of anilines is 2. The molecule has 0 bridgehead atoms. The van der Waals surface area contributed by atoms with E-state index in [4.69, 9.17) is 9.72 Å². The van der Waals surface area contributed by atoms with Crippen LogP contribution in [0.25, 0.3) is 33.4 Å². The van der Waals surface area contributed by atoms with E-state index in [2.05, 4.69) is 25.8 Å². The number of H-pyrrole nitrogens is 1. The lowest BCUT2D eigenvalue weighted by molar-refractivity contribution is -0.123. The van der Waals surface area contributed by atoms with E-state index in [0.717, 1.165) is 23.2 Å². The maximum absolute atomic E-state index is 14.1. The zero-order chi connectivity index (χ0) is 26.5. The third-order valence-electron chi connectivity index (χ3n) is 6.12. The molecule has 1 amide bonds. The molecule has 0 radical (unpaired) electrons. The van der Waals surface area contributed by atoms with Gasteiger partial charge in [-0.25, -0.2) is 14.4 Å². The van der Waals surface area contributed by atoms with Crippen LogP contribution in [0.5, 0.6) is 5.75 Å². The maximum atomic E-state index is 14.1. The van der Waals surface area contributed by atoms with Gasteiger partial charge in [0.25, 0.3) is 5.91 Å². The number of amides is 1. The first-order valence-corrected chi connectivity index (χ1v) is 12.3. The summed E-state index contributed by atoms with van der Waals surface area (Å²) in [6, 6.07) is 19.5. The highest BCUT2D eigenvalue weighted by molar-refractivity contribution is 5.92. The first-order chi connectivity index (χ1) is 18.5. The molecule has 5 aromatic rings. The van der Waals surface area contributed by atoms with Gasteiger partial charge in [0, 0.05) is 40.5 Å². The van der Waals surface area contributed by atoms with Gasteiger partial charge in [-0.2, -0.15) is 5.10 Å². The van der Waals surface area contributed by atoms with Crippen molar-refractivity contribution < 1.29 is 13.9 Å².